The minimum absolute atomic E-state index is 0.367. The first kappa shape index (κ1) is 8.75. The average Bonchev–Trinajstić information content (AvgIpc) is 2.29. The van der Waals surface area contributed by atoms with Crippen molar-refractivity contribution < 1.29 is 4.79 Å². The highest BCUT2D eigenvalue weighted by Gasteiger charge is 2.27. The van der Waals surface area contributed by atoms with Crippen LogP contribution in [0.4, 0.5) is 0 Å². The number of nitrogens with zero attached hydrogens (tertiary/aromatic N) is 2. The van der Waals surface area contributed by atoms with Crippen LogP contribution in [0.2, 0.25) is 5.02 Å². The van der Waals surface area contributed by atoms with Crippen molar-refractivity contribution >= 4 is 17.9 Å². The van der Waals surface area contributed by atoms with Crippen molar-refractivity contribution in [3.63, 3.8) is 0 Å². The third-order valence-electron chi connectivity index (χ3n) is 2.66. The first-order valence-corrected chi connectivity index (χ1v) is 4.79. The van der Waals surface area contributed by atoms with Crippen molar-refractivity contribution in [1.29, 1.82) is 0 Å². The van der Waals surface area contributed by atoms with E-state index < -0.39 is 0 Å². The highest BCUT2D eigenvalue weighted by atomic mass is 35.5. The average molecular weight is 199 g/mol. The van der Waals surface area contributed by atoms with Gasteiger partial charge in [0.2, 0.25) is 0 Å². The Kier molecular flexibility index (Phi) is 2.12. The van der Waals surface area contributed by atoms with Gasteiger partial charge in [-0.1, -0.05) is 18.0 Å². The fraction of sp³-hybridized carbons (Fsp3) is 0.556. The molecule has 0 aromatic carbocycles. The molecule has 4 heteroatoms. The van der Waals surface area contributed by atoms with Crippen molar-refractivity contribution in [3.05, 3.63) is 16.4 Å². The molecule has 1 aliphatic rings. The minimum atomic E-state index is 0.367. The molecule has 1 aromatic heterocycles. The smallest absolute Gasteiger partial charge is 0.171 e. The van der Waals surface area contributed by atoms with Gasteiger partial charge < -0.3 is 0 Å². The van der Waals surface area contributed by atoms with Gasteiger partial charge in [-0.25, -0.2) is 0 Å². The molecule has 1 aromatic rings. The van der Waals surface area contributed by atoms with E-state index in [1.807, 2.05) is 7.05 Å². The zero-order chi connectivity index (χ0) is 9.42. The second-order valence-corrected chi connectivity index (χ2v) is 3.83. The number of hydrogen-bond acceptors (Lipinski definition) is 2. The summed E-state index contributed by atoms with van der Waals surface area (Å²) in [5.74, 6) is 0.513. The molecule has 2 rings (SSSR count). The normalized spacial score (nSPS) is 17.1. The van der Waals surface area contributed by atoms with Crippen LogP contribution in [0.1, 0.15) is 41.4 Å². The van der Waals surface area contributed by atoms with Crippen LogP contribution >= 0.6 is 11.6 Å². The zero-order valence-corrected chi connectivity index (χ0v) is 8.21. The van der Waals surface area contributed by atoms with E-state index in [4.69, 9.17) is 11.6 Å². The molecule has 0 unspecified atom stereocenters. The molecule has 0 saturated heterocycles. The zero-order valence-electron chi connectivity index (χ0n) is 7.46. The number of carbonyl (C=O) groups excluding carboxylic acids is 1. The molecule has 0 N–H and O–H groups in total. The van der Waals surface area contributed by atoms with E-state index >= 15 is 0 Å². The maximum atomic E-state index is 10.6. The summed E-state index contributed by atoms with van der Waals surface area (Å²) in [5, 5.41) is 4.59. The molecule has 0 radical (unpaired) electrons. The monoisotopic (exact) mass is 198 g/mol. The lowest BCUT2D eigenvalue weighted by atomic mass is 9.83. The fourth-order valence-electron chi connectivity index (χ4n) is 1.73. The third-order valence-corrected chi connectivity index (χ3v) is 3.05. The van der Waals surface area contributed by atoms with Crippen molar-refractivity contribution in [1.82, 2.24) is 9.78 Å². The molecular formula is C9H11ClN2O. The summed E-state index contributed by atoms with van der Waals surface area (Å²) >= 11 is 6.02. The maximum absolute atomic E-state index is 10.6. The number of hydrogen-bond donors (Lipinski definition) is 0. The third kappa shape index (κ3) is 1.27. The van der Waals surface area contributed by atoms with Crippen molar-refractivity contribution in [3.8, 4) is 0 Å². The van der Waals surface area contributed by atoms with E-state index in [1.54, 1.807) is 4.68 Å². The molecule has 1 heterocycles. The Balaban J connectivity index is 2.42. The Hall–Kier alpha value is -0.830. The van der Waals surface area contributed by atoms with Gasteiger partial charge in [-0.3, -0.25) is 9.48 Å². The number of aromatic nitrogens is 2. The van der Waals surface area contributed by atoms with Gasteiger partial charge in [-0.05, 0) is 12.8 Å². The Bertz CT molecular complexity index is 342. The lowest BCUT2D eigenvalue weighted by molar-refractivity contribution is 0.111. The van der Waals surface area contributed by atoms with Crippen molar-refractivity contribution in [2.45, 2.75) is 25.2 Å². The quantitative estimate of drug-likeness (QED) is 0.683. The van der Waals surface area contributed by atoms with Gasteiger partial charge in [-0.15, -0.1) is 0 Å². The molecule has 3 nitrogen and oxygen atoms in total. The molecule has 13 heavy (non-hydrogen) atoms. The van der Waals surface area contributed by atoms with E-state index in [-0.39, 0.29) is 0 Å². The number of carbonyl (C=O) groups is 1. The molecule has 0 spiro atoms. The van der Waals surface area contributed by atoms with Crippen LogP contribution in [0, 0.1) is 0 Å². The first-order chi connectivity index (χ1) is 6.24. The molecular weight excluding hydrogens is 188 g/mol. The lowest BCUT2D eigenvalue weighted by Crippen LogP contribution is -2.13. The van der Waals surface area contributed by atoms with E-state index in [9.17, 15) is 4.79 Å². The highest BCUT2D eigenvalue weighted by Crippen LogP contribution is 2.40. The van der Waals surface area contributed by atoms with Crippen LogP contribution in [0.3, 0.4) is 0 Å². The summed E-state index contributed by atoms with van der Waals surface area (Å²) in [7, 11) is 1.84. The van der Waals surface area contributed by atoms with Crippen molar-refractivity contribution in [2.24, 2.45) is 7.05 Å². The van der Waals surface area contributed by atoms with E-state index in [0.29, 0.717) is 22.9 Å². The number of aldehydes is 1. The Morgan fingerprint density at radius 2 is 2.31 bits per heavy atom. The Morgan fingerprint density at radius 3 is 2.69 bits per heavy atom. The van der Waals surface area contributed by atoms with Gasteiger partial charge in [0, 0.05) is 13.0 Å². The van der Waals surface area contributed by atoms with E-state index in [0.717, 1.165) is 18.5 Å². The SMILES string of the molecule is Cn1nc(C=O)c(Cl)c1C1CCC1. The van der Waals surface area contributed by atoms with Gasteiger partial charge in [0.1, 0.15) is 5.69 Å². The van der Waals surface area contributed by atoms with Crippen LogP contribution in [0.25, 0.3) is 0 Å². The highest BCUT2D eigenvalue weighted by molar-refractivity contribution is 6.33. The second-order valence-electron chi connectivity index (χ2n) is 3.45. The summed E-state index contributed by atoms with van der Waals surface area (Å²) in [6.07, 6.45) is 4.29. The molecule has 1 fully saturated rings. The van der Waals surface area contributed by atoms with E-state index in [2.05, 4.69) is 5.10 Å². The van der Waals surface area contributed by atoms with Crippen molar-refractivity contribution in [2.75, 3.05) is 0 Å². The predicted molar refractivity (Wildman–Crippen MR) is 50.2 cm³/mol. The van der Waals surface area contributed by atoms with Gasteiger partial charge >= 0.3 is 0 Å². The second kappa shape index (κ2) is 3.14. The van der Waals surface area contributed by atoms with Crippen LogP contribution in [-0.2, 0) is 7.05 Å². The fourth-order valence-corrected chi connectivity index (χ4v) is 2.09. The molecule has 0 amide bonds. The molecule has 0 bridgehead atoms. The molecule has 0 aliphatic heterocycles. The maximum Gasteiger partial charge on any atom is 0.171 e. The molecule has 70 valence electrons. The molecule has 1 saturated carbocycles. The first-order valence-electron chi connectivity index (χ1n) is 4.41. The topological polar surface area (TPSA) is 34.9 Å². The molecule has 1 aliphatic carbocycles. The summed E-state index contributed by atoms with van der Waals surface area (Å²) < 4.78 is 1.73. The number of rotatable bonds is 2. The van der Waals surface area contributed by atoms with E-state index in [1.165, 1.54) is 6.42 Å². The Labute approximate surface area is 81.7 Å². The van der Waals surface area contributed by atoms with Gasteiger partial charge in [0.05, 0.1) is 10.7 Å². The van der Waals surface area contributed by atoms with Crippen LogP contribution in [0.5, 0.6) is 0 Å². The number of halogens is 1. The largest absolute Gasteiger partial charge is 0.296 e. The Morgan fingerprint density at radius 1 is 1.62 bits per heavy atom. The summed E-state index contributed by atoms with van der Waals surface area (Å²) in [4.78, 5) is 10.6. The van der Waals surface area contributed by atoms with Crippen LogP contribution in [-0.4, -0.2) is 16.1 Å². The number of aryl methyl sites for hydroxylation is 1. The predicted octanol–water partition coefficient (Wildman–Crippen LogP) is 2.15. The standard InChI is InChI=1S/C9H11ClN2O/c1-12-9(6-3-2-4-6)8(10)7(5-13)11-12/h5-6H,2-4H2,1H3. The minimum Gasteiger partial charge on any atom is -0.296 e. The van der Waals surface area contributed by atoms with Gasteiger partial charge in [-0.2, -0.15) is 5.10 Å². The summed E-state index contributed by atoms with van der Waals surface area (Å²) in [6, 6.07) is 0. The van der Waals surface area contributed by atoms with Gasteiger partial charge in [0.25, 0.3) is 0 Å². The van der Waals surface area contributed by atoms with Gasteiger partial charge in [0.15, 0.2) is 6.29 Å². The van der Waals surface area contributed by atoms with Crippen LogP contribution in [0.15, 0.2) is 0 Å². The molecule has 0 atom stereocenters. The lowest BCUT2D eigenvalue weighted by Gasteiger charge is -2.25. The van der Waals surface area contributed by atoms with Crippen LogP contribution < -0.4 is 0 Å². The summed E-state index contributed by atoms with van der Waals surface area (Å²) in [5.41, 5.74) is 1.39. The summed E-state index contributed by atoms with van der Waals surface area (Å²) in [6.45, 7) is 0.